The first-order chi connectivity index (χ1) is 7.71. The van der Waals surface area contributed by atoms with Crippen LogP contribution in [0.15, 0.2) is 18.2 Å². The van der Waals surface area contributed by atoms with E-state index in [9.17, 15) is 0 Å². The molecule has 0 amide bonds. The molecule has 0 aromatic heterocycles. The molecule has 0 aliphatic rings. The van der Waals surface area contributed by atoms with Crippen molar-refractivity contribution in [3.63, 3.8) is 0 Å². The average Bonchev–Trinajstić information content (AvgIpc) is 2.30. The predicted octanol–water partition coefficient (Wildman–Crippen LogP) is 3.13. The van der Waals surface area contributed by atoms with Gasteiger partial charge in [-0.05, 0) is 25.5 Å². The van der Waals surface area contributed by atoms with Crippen molar-refractivity contribution in [3.05, 3.63) is 23.8 Å². The first kappa shape index (κ1) is 12.4. The Labute approximate surface area is 96.6 Å². The minimum Gasteiger partial charge on any atom is -0.493 e. The topological polar surface area (TPSA) is 42.2 Å². The quantitative estimate of drug-likeness (QED) is 0.764. The van der Waals surface area contributed by atoms with Crippen LogP contribution in [0.4, 0.5) is 0 Å². The Morgan fingerprint density at radius 1 is 1.38 bits per heavy atom. The molecular weight excluding hydrogens is 202 g/mol. The van der Waals surface area contributed by atoms with Crippen LogP contribution in [0.25, 0.3) is 0 Å². The highest BCUT2D eigenvalue weighted by molar-refractivity contribution is 5.46. The van der Waals surface area contributed by atoms with Crippen LogP contribution >= 0.6 is 0 Å². The van der Waals surface area contributed by atoms with Gasteiger partial charge in [0.15, 0.2) is 11.5 Å². The van der Waals surface area contributed by atoms with E-state index < -0.39 is 0 Å². The third kappa shape index (κ3) is 3.16. The van der Waals surface area contributed by atoms with Gasteiger partial charge in [0.2, 0.25) is 0 Å². The molecule has 1 aromatic carbocycles. The Bertz CT molecular complexity index is 382. The minimum atomic E-state index is 0.159. The van der Waals surface area contributed by atoms with Gasteiger partial charge in [-0.2, -0.15) is 5.26 Å². The maximum atomic E-state index is 8.77. The molecule has 0 radical (unpaired) electrons. The van der Waals surface area contributed by atoms with Crippen molar-refractivity contribution >= 4 is 0 Å². The average molecular weight is 219 g/mol. The maximum Gasteiger partial charge on any atom is 0.162 e. The lowest BCUT2D eigenvalue weighted by Crippen LogP contribution is -2.11. The summed E-state index contributed by atoms with van der Waals surface area (Å²) in [5.74, 6) is 1.31. The van der Waals surface area contributed by atoms with Crippen LogP contribution < -0.4 is 9.47 Å². The van der Waals surface area contributed by atoms with E-state index in [0.717, 1.165) is 12.8 Å². The number of hydrogen-bond donors (Lipinski definition) is 0. The Morgan fingerprint density at radius 2 is 2.12 bits per heavy atom. The molecule has 0 aliphatic carbocycles. The zero-order chi connectivity index (χ0) is 12.0. The van der Waals surface area contributed by atoms with Gasteiger partial charge in [0, 0.05) is 6.07 Å². The van der Waals surface area contributed by atoms with Crippen molar-refractivity contribution in [1.29, 1.82) is 5.26 Å². The summed E-state index contributed by atoms with van der Waals surface area (Å²) in [5.41, 5.74) is 0.576. The molecule has 0 N–H and O–H groups in total. The van der Waals surface area contributed by atoms with E-state index in [2.05, 4.69) is 13.0 Å². The Balaban J connectivity index is 2.84. The van der Waals surface area contributed by atoms with E-state index in [4.69, 9.17) is 14.7 Å². The first-order valence-electron chi connectivity index (χ1n) is 5.46. The van der Waals surface area contributed by atoms with Crippen molar-refractivity contribution in [2.24, 2.45) is 0 Å². The maximum absolute atomic E-state index is 8.77. The lowest BCUT2D eigenvalue weighted by Gasteiger charge is -2.16. The van der Waals surface area contributed by atoms with Gasteiger partial charge in [0.25, 0.3) is 0 Å². The smallest absolute Gasteiger partial charge is 0.162 e. The second-order valence-corrected chi connectivity index (χ2v) is 3.69. The van der Waals surface area contributed by atoms with E-state index in [1.54, 1.807) is 25.3 Å². The van der Waals surface area contributed by atoms with Crippen LogP contribution in [-0.2, 0) is 0 Å². The molecule has 0 fully saturated rings. The summed E-state index contributed by atoms with van der Waals surface area (Å²) in [4.78, 5) is 0. The van der Waals surface area contributed by atoms with Crippen molar-refractivity contribution in [3.8, 4) is 17.6 Å². The molecule has 16 heavy (non-hydrogen) atoms. The van der Waals surface area contributed by atoms with Gasteiger partial charge in [-0.1, -0.05) is 13.3 Å². The summed E-state index contributed by atoms with van der Waals surface area (Å²) >= 11 is 0. The van der Waals surface area contributed by atoms with E-state index in [1.165, 1.54) is 0 Å². The molecule has 1 unspecified atom stereocenters. The Kier molecular flexibility index (Phi) is 4.65. The number of hydrogen-bond acceptors (Lipinski definition) is 3. The molecule has 0 bridgehead atoms. The fraction of sp³-hybridized carbons (Fsp3) is 0.462. The summed E-state index contributed by atoms with van der Waals surface area (Å²) in [6.45, 7) is 4.15. The molecular formula is C13H17NO2. The van der Waals surface area contributed by atoms with Gasteiger partial charge in [-0.15, -0.1) is 0 Å². The lowest BCUT2D eigenvalue weighted by atomic mass is 10.2. The fourth-order valence-corrected chi connectivity index (χ4v) is 1.52. The van der Waals surface area contributed by atoms with Crippen LogP contribution in [0.2, 0.25) is 0 Å². The van der Waals surface area contributed by atoms with E-state index >= 15 is 0 Å². The molecule has 1 aromatic rings. The van der Waals surface area contributed by atoms with Crippen molar-refractivity contribution in [2.45, 2.75) is 32.8 Å². The zero-order valence-electron chi connectivity index (χ0n) is 9.99. The fourth-order valence-electron chi connectivity index (χ4n) is 1.52. The van der Waals surface area contributed by atoms with Gasteiger partial charge in [-0.3, -0.25) is 0 Å². The van der Waals surface area contributed by atoms with Crippen LogP contribution in [-0.4, -0.2) is 13.2 Å². The van der Waals surface area contributed by atoms with Gasteiger partial charge in [0.05, 0.1) is 24.8 Å². The predicted molar refractivity (Wildman–Crippen MR) is 62.7 cm³/mol. The molecule has 3 nitrogen and oxygen atoms in total. The molecule has 0 saturated heterocycles. The summed E-state index contributed by atoms with van der Waals surface area (Å²) in [5, 5.41) is 8.77. The number of benzene rings is 1. The monoisotopic (exact) mass is 219 g/mol. The van der Waals surface area contributed by atoms with Crippen LogP contribution in [0, 0.1) is 11.3 Å². The number of rotatable bonds is 5. The standard InChI is InChI=1S/C13H17NO2/c1-4-5-10(2)16-12-7-6-11(9-14)8-13(12)15-3/h6-8,10H,4-5H2,1-3H3. The second kappa shape index (κ2) is 6.02. The summed E-state index contributed by atoms with van der Waals surface area (Å²) < 4.78 is 10.9. The molecule has 3 heteroatoms. The molecule has 0 aliphatic heterocycles. The third-order valence-corrected chi connectivity index (χ3v) is 2.32. The van der Waals surface area contributed by atoms with Crippen LogP contribution in [0.1, 0.15) is 32.3 Å². The van der Waals surface area contributed by atoms with Gasteiger partial charge in [0.1, 0.15) is 0 Å². The molecule has 0 heterocycles. The van der Waals surface area contributed by atoms with Crippen molar-refractivity contribution < 1.29 is 9.47 Å². The number of ether oxygens (including phenoxy) is 2. The normalized spacial score (nSPS) is 11.6. The minimum absolute atomic E-state index is 0.159. The van der Waals surface area contributed by atoms with Crippen molar-refractivity contribution in [1.82, 2.24) is 0 Å². The largest absolute Gasteiger partial charge is 0.493 e. The third-order valence-electron chi connectivity index (χ3n) is 2.32. The highest BCUT2D eigenvalue weighted by atomic mass is 16.5. The summed E-state index contributed by atoms with van der Waals surface area (Å²) in [6, 6.07) is 7.27. The van der Waals surface area contributed by atoms with Gasteiger partial charge < -0.3 is 9.47 Å². The molecule has 1 atom stereocenters. The number of nitriles is 1. The van der Waals surface area contributed by atoms with Crippen LogP contribution in [0.3, 0.4) is 0 Å². The molecule has 1 rings (SSSR count). The number of methoxy groups -OCH3 is 1. The molecule has 86 valence electrons. The SMILES string of the molecule is CCCC(C)Oc1ccc(C#N)cc1OC. The molecule has 0 saturated carbocycles. The zero-order valence-corrected chi connectivity index (χ0v) is 9.99. The number of nitrogens with zero attached hydrogens (tertiary/aromatic N) is 1. The lowest BCUT2D eigenvalue weighted by molar-refractivity contribution is 0.201. The highest BCUT2D eigenvalue weighted by Crippen LogP contribution is 2.29. The van der Waals surface area contributed by atoms with E-state index in [-0.39, 0.29) is 6.10 Å². The van der Waals surface area contributed by atoms with Crippen molar-refractivity contribution in [2.75, 3.05) is 7.11 Å². The molecule has 0 spiro atoms. The highest BCUT2D eigenvalue weighted by Gasteiger charge is 2.09. The van der Waals surface area contributed by atoms with Crippen LogP contribution in [0.5, 0.6) is 11.5 Å². The Morgan fingerprint density at radius 3 is 2.69 bits per heavy atom. The van der Waals surface area contributed by atoms with E-state index in [0.29, 0.717) is 17.1 Å². The Hall–Kier alpha value is -1.69. The summed E-state index contributed by atoms with van der Waals surface area (Å²) in [7, 11) is 1.58. The van der Waals surface area contributed by atoms with Gasteiger partial charge >= 0.3 is 0 Å². The summed E-state index contributed by atoms with van der Waals surface area (Å²) in [6.07, 6.45) is 2.25. The second-order valence-electron chi connectivity index (χ2n) is 3.69. The van der Waals surface area contributed by atoms with Gasteiger partial charge in [-0.25, -0.2) is 0 Å². The van der Waals surface area contributed by atoms with E-state index in [1.807, 2.05) is 6.92 Å². The first-order valence-corrected chi connectivity index (χ1v) is 5.46.